The number of H-pyrrole nitrogens is 1. The number of fused-ring (bicyclic) bond motifs is 1. The molecule has 3 aromatic rings. The van der Waals surface area contributed by atoms with E-state index in [1.54, 1.807) is 0 Å². The van der Waals surface area contributed by atoms with Gasteiger partial charge in [-0.3, -0.25) is 14.3 Å². The Bertz CT molecular complexity index is 1080. The number of nitrogens with zero attached hydrogens (tertiary/aromatic N) is 1. The summed E-state index contributed by atoms with van der Waals surface area (Å²) in [5.74, 6) is -2.89. The van der Waals surface area contributed by atoms with E-state index in [1.807, 2.05) is 4.98 Å². The van der Waals surface area contributed by atoms with Crippen LogP contribution in [-0.2, 0) is 0 Å². The molecule has 0 saturated carbocycles. The van der Waals surface area contributed by atoms with Gasteiger partial charge in [0.1, 0.15) is 17.5 Å². The number of nitrogen functional groups attached to an aromatic ring is 1. The number of nitrogens with two attached hydrogens (primary N) is 1. The fourth-order valence-corrected chi connectivity index (χ4v) is 2.56. The smallest absolute Gasteiger partial charge is 0.333 e. The van der Waals surface area contributed by atoms with Crippen molar-refractivity contribution in [3.05, 3.63) is 67.6 Å². The van der Waals surface area contributed by atoms with Gasteiger partial charge in [0.05, 0.1) is 27.3 Å². The maximum atomic E-state index is 14.0. The van der Waals surface area contributed by atoms with Gasteiger partial charge in [-0.1, -0.05) is 11.6 Å². The number of benzene rings is 2. The lowest BCUT2D eigenvalue weighted by Crippen LogP contribution is -2.30. The van der Waals surface area contributed by atoms with Crippen molar-refractivity contribution in [2.75, 3.05) is 5.73 Å². The minimum absolute atomic E-state index is 0.273. The Balaban J connectivity index is 2.59. The summed E-state index contributed by atoms with van der Waals surface area (Å²) in [5.41, 5.74) is 2.34. The molecule has 3 N–H and O–H groups in total. The third kappa shape index (κ3) is 2.27. The molecule has 1 heterocycles. The topological polar surface area (TPSA) is 80.9 Å². The Hall–Kier alpha value is -2.74. The van der Waals surface area contributed by atoms with E-state index in [4.69, 9.17) is 17.3 Å². The molecule has 0 aliphatic carbocycles. The van der Waals surface area contributed by atoms with Crippen LogP contribution in [0, 0.1) is 17.5 Å². The number of hydrogen-bond donors (Lipinski definition) is 2. The van der Waals surface area contributed by atoms with Gasteiger partial charge in [-0.2, -0.15) is 0 Å². The van der Waals surface area contributed by atoms with Crippen LogP contribution in [0.25, 0.3) is 16.6 Å². The molecular weight excluding hydrogens is 335 g/mol. The third-order valence-electron chi connectivity index (χ3n) is 3.27. The fraction of sp³-hybridized carbons (Fsp3) is 0. The van der Waals surface area contributed by atoms with E-state index in [0.29, 0.717) is 10.6 Å². The Labute approximate surface area is 130 Å². The first-order valence-electron chi connectivity index (χ1n) is 6.19. The molecule has 0 radical (unpaired) electrons. The van der Waals surface area contributed by atoms with Crippen LogP contribution in [0.2, 0.25) is 5.02 Å². The zero-order chi connectivity index (χ0) is 16.9. The van der Waals surface area contributed by atoms with Crippen molar-refractivity contribution in [3.63, 3.8) is 0 Å². The molecule has 23 heavy (non-hydrogen) atoms. The first-order chi connectivity index (χ1) is 10.8. The highest BCUT2D eigenvalue weighted by atomic mass is 35.5. The van der Waals surface area contributed by atoms with Crippen LogP contribution in [0.5, 0.6) is 0 Å². The van der Waals surface area contributed by atoms with Crippen molar-refractivity contribution in [2.24, 2.45) is 0 Å². The first-order valence-corrected chi connectivity index (χ1v) is 6.57. The number of rotatable bonds is 1. The highest BCUT2D eigenvalue weighted by molar-refractivity contribution is 6.35. The number of anilines is 1. The molecule has 0 spiro atoms. The van der Waals surface area contributed by atoms with Gasteiger partial charge in [-0.25, -0.2) is 18.0 Å². The maximum absolute atomic E-state index is 14.0. The molecule has 9 heteroatoms. The summed E-state index contributed by atoms with van der Waals surface area (Å²) in [5, 5.41) is -0.725. The molecular formula is C14H7ClF3N3O2. The highest BCUT2D eigenvalue weighted by Gasteiger charge is 2.19. The Morgan fingerprint density at radius 2 is 1.78 bits per heavy atom. The normalized spacial score (nSPS) is 11.1. The zero-order valence-corrected chi connectivity index (χ0v) is 11.9. The zero-order valence-electron chi connectivity index (χ0n) is 11.2. The van der Waals surface area contributed by atoms with Crippen molar-refractivity contribution in [1.29, 1.82) is 0 Å². The van der Waals surface area contributed by atoms with Gasteiger partial charge in [0.2, 0.25) is 0 Å². The molecule has 118 valence electrons. The monoisotopic (exact) mass is 341 g/mol. The van der Waals surface area contributed by atoms with E-state index in [1.165, 1.54) is 0 Å². The van der Waals surface area contributed by atoms with Gasteiger partial charge >= 0.3 is 5.69 Å². The molecule has 1 aromatic heterocycles. The average molecular weight is 342 g/mol. The number of aromatic nitrogens is 2. The lowest BCUT2D eigenvalue weighted by molar-refractivity contribution is 0.577. The summed E-state index contributed by atoms with van der Waals surface area (Å²) < 4.78 is 41.5. The van der Waals surface area contributed by atoms with Crippen LogP contribution >= 0.6 is 11.6 Å². The lowest BCUT2D eigenvalue weighted by Gasteiger charge is -2.13. The highest BCUT2D eigenvalue weighted by Crippen LogP contribution is 2.29. The van der Waals surface area contributed by atoms with Gasteiger partial charge in [0.25, 0.3) is 5.56 Å². The molecule has 0 aliphatic heterocycles. The van der Waals surface area contributed by atoms with E-state index < -0.39 is 39.8 Å². The molecule has 2 aromatic carbocycles. The summed E-state index contributed by atoms with van der Waals surface area (Å²) in [6.07, 6.45) is 0. The van der Waals surface area contributed by atoms with Crippen LogP contribution in [0.15, 0.2) is 33.9 Å². The van der Waals surface area contributed by atoms with Crippen LogP contribution in [0.3, 0.4) is 0 Å². The summed E-state index contributed by atoms with van der Waals surface area (Å²) in [6.45, 7) is 0. The third-order valence-corrected chi connectivity index (χ3v) is 3.56. The summed E-state index contributed by atoms with van der Waals surface area (Å²) >= 11 is 5.91. The van der Waals surface area contributed by atoms with E-state index >= 15 is 0 Å². The Kier molecular flexibility index (Phi) is 3.41. The van der Waals surface area contributed by atoms with Gasteiger partial charge in [0.15, 0.2) is 0 Å². The minimum atomic E-state index is -1.07. The molecule has 0 bridgehead atoms. The average Bonchev–Trinajstić information content (AvgIpc) is 2.45. The fourth-order valence-electron chi connectivity index (χ4n) is 2.28. The van der Waals surface area contributed by atoms with E-state index in [9.17, 15) is 22.8 Å². The van der Waals surface area contributed by atoms with Crippen LogP contribution in [-0.4, -0.2) is 9.55 Å². The van der Waals surface area contributed by atoms with Gasteiger partial charge in [-0.15, -0.1) is 0 Å². The second-order valence-electron chi connectivity index (χ2n) is 4.67. The van der Waals surface area contributed by atoms with E-state index in [0.717, 1.165) is 18.2 Å². The molecule has 0 aliphatic rings. The molecule has 3 rings (SSSR count). The lowest BCUT2D eigenvalue weighted by atomic mass is 10.2. The SMILES string of the molecule is Nc1c(F)cc(Cl)c2c1c(=O)[nH]c(=O)n2-c1ccc(F)cc1F. The summed E-state index contributed by atoms with van der Waals surface area (Å²) in [4.78, 5) is 25.9. The predicted molar refractivity (Wildman–Crippen MR) is 79.5 cm³/mol. The molecule has 0 saturated heterocycles. The Morgan fingerprint density at radius 3 is 2.43 bits per heavy atom. The molecule has 0 amide bonds. The molecule has 0 fully saturated rings. The quantitative estimate of drug-likeness (QED) is 0.667. The minimum Gasteiger partial charge on any atom is -0.396 e. The molecule has 0 atom stereocenters. The van der Waals surface area contributed by atoms with Crippen molar-refractivity contribution in [3.8, 4) is 5.69 Å². The molecule has 5 nitrogen and oxygen atoms in total. The van der Waals surface area contributed by atoms with E-state index in [-0.39, 0.29) is 16.2 Å². The van der Waals surface area contributed by atoms with Gasteiger partial charge < -0.3 is 5.73 Å². The van der Waals surface area contributed by atoms with Gasteiger partial charge in [-0.05, 0) is 18.2 Å². The number of aromatic amines is 1. The van der Waals surface area contributed by atoms with Crippen molar-refractivity contribution >= 4 is 28.2 Å². The number of halogens is 4. The second-order valence-corrected chi connectivity index (χ2v) is 5.08. The summed E-state index contributed by atoms with van der Waals surface area (Å²) in [6, 6.07) is 3.26. The van der Waals surface area contributed by atoms with Crippen LogP contribution in [0.4, 0.5) is 18.9 Å². The second kappa shape index (κ2) is 5.17. The standard InChI is InChI=1S/C14H7ClF3N3O2/c15-6-4-8(18)11(19)10-12(6)21(14(23)20-13(10)22)9-2-1-5(16)3-7(9)17/h1-4H,19H2,(H,20,22,23). The van der Waals surface area contributed by atoms with E-state index in [2.05, 4.69) is 0 Å². The number of hydrogen-bond acceptors (Lipinski definition) is 3. The van der Waals surface area contributed by atoms with Crippen molar-refractivity contribution in [2.45, 2.75) is 0 Å². The first kappa shape index (κ1) is 15.2. The number of nitrogens with one attached hydrogen (secondary N) is 1. The van der Waals surface area contributed by atoms with Crippen molar-refractivity contribution in [1.82, 2.24) is 9.55 Å². The largest absolute Gasteiger partial charge is 0.396 e. The van der Waals surface area contributed by atoms with Crippen LogP contribution in [0.1, 0.15) is 0 Å². The van der Waals surface area contributed by atoms with Gasteiger partial charge in [0, 0.05) is 6.07 Å². The summed E-state index contributed by atoms with van der Waals surface area (Å²) in [7, 11) is 0. The maximum Gasteiger partial charge on any atom is 0.333 e. The Morgan fingerprint density at radius 1 is 1.09 bits per heavy atom. The van der Waals surface area contributed by atoms with Crippen LogP contribution < -0.4 is 17.0 Å². The predicted octanol–water partition coefficient (Wildman–Crippen LogP) is 2.33. The van der Waals surface area contributed by atoms with Crippen molar-refractivity contribution < 1.29 is 13.2 Å². The molecule has 0 unspecified atom stereocenters.